The van der Waals surface area contributed by atoms with Crippen LogP contribution in [-0.2, 0) is 25.9 Å². The Morgan fingerprint density at radius 1 is 1.10 bits per heavy atom. The summed E-state index contributed by atoms with van der Waals surface area (Å²) in [4.78, 5) is 12.0. The van der Waals surface area contributed by atoms with Gasteiger partial charge in [0.1, 0.15) is 5.82 Å². The molecule has 7 nitrogen and oxygen atoms in total. The SMILES string of the molecule is CC1Cc2c(B(O)O)cccc2N1c1nc2c(c(NCc3ccccc3)n1)CNCC2. The molecule has 1 aromatic heterocycles. The van der Waals surface area contributed by atoms with Crippen molar-refractivity contribution in [2.24, 2.45) is 0 Å². The van der Waals surface area contributed by atoms with Crippen LogP contribution in [-0.4, -0.2) is 39.7 Å². The number of anilines is 3. The van der Waals surface area contributed by atoms with Crippen molar-refractivity contribution in [3.05, 3.63) is 70.9 Å². The van der Waals surface area contributed by atoms with E-state index in [0.717, 1.165) is 54.3 Å². The van der Waals surface area contributed by atoms with E-state index < -0.39 is 7.12 Å². The third-order valence-electron chi connectivity index (χ3n) is 6.11. The number of benzene rings is 2. The molecule has 1 atom stereocenters. The van der Waals surface area contributed by atoms with E-state index in [4.69, 9.17) is 9.97 Å². The van der Waals surface area contributed by atoms with E-state index in [-0.39, 0.29) is 6.04 Å². The molecule has 0 amide bonds. The third-order valence-corrected chi connectivity index (χ3v) is 6.11. The Bertz CT molecular complexity index is 1090. The number of hydrogen-bond acceptors (Lipinski definition) is 7. The van der Waals surface area contributed by atoms with Crippen molar-refractivity contribution in [1.82, 2.24) is 15.3 Å². The fraction of sp³-hybridized carbons (Fsp3) is 0.304. The van der Waals surface area contributed by atoms with Crippen molar-refractivity contribution >= 4 is 30.0 Å². The minimum absolute atomic E-state index is 0.122. The molecule has 0 fully saturated rings. The molecule has 158 valence electrons. The lowest BCUT2D eigenvalue weighted by molar-refractivity contribution is 0.425. The van der Waals surface area contributed by atoms with Crippen molar-refractivity contribution in [1.29, 1.82) is 0 Å². The smallest absolute Gasteiger partial charge is 0.423 e. The molecular formula is C23H26BN5O2. The number of hydrogen-bond donors (Lipinski definition) is 4. The van der Waals surface area contributed by atoms with Crippen LogP contribution in [0.15, 0.2) is 48.5 Å². The van der Waals surface area contributed by atoms with Crippen LogP contribution < -0.4 is 21.0 Å². The molecule has 3 aromatic rings. The van der Waals surface area contributed by atoms with Crippen LogP contribution in [0.3, 0.4) is 0 Å². The molecule has 3 heterocycles. The van der Waals surface area contributed by atoms with Gasteiger partial charge in [-0.2, -0.15) is 4.98 Å². The van der Waals surface area contributed by atoms with Gasteiger partial charge in [0, 0.05) is 43.3 Å². The molecule has 0 bridgehead atoms. The Labute approximate surface area is 182 Å². The molecule has 0 spiro atoms. The first-order chi connectivity index (χ1) is 15.1. The lowest BCUT2D eigenvalue weighted by Crippen LogP contribution is -2.32. The quantitative estimate of drug-likeness (QED) is 0.470. The molecule has 2 aromatic carbocycles. The van der Waals surface area contributed by atoms with Crippen molar-refractivity contribution < 1.29 is 10.0 Å². The molecule has 5 rings (SSSR count). The van der Waals surface area contributed by atoms with E-state index in [9.17, 15) is 10.0 Å². The van der Waals surface area contributed by atoms with E-state index >= 15 is 0 Å². The van der Waals surface area contributed by atoms with Crippen molar-refractivity contribution in [3.63, 3.8) is 0 Å². The highest BCUT2D eigenvalue weighted by molar-refractivity contribution is 6.59. The molecule has 2 aliphatic rings. The van der Waals surface area contributed by atoms with Crippen LogP contribution in [0.4, 0.5) is 17.5 Å². The van der Waals surface area contributed by atoms with Crippen LogP contribution >= 0.6 is 0 Å². The molecule has 8 heteroatoms. The van der Waals surface area contributed by atoms with Crippen molar-refractivity contribution in [2.45, 2.75) is 38.9 Å². The summed E-state index contributed by atoms with van der Waals surface area (Å²) in [5.74, 6) is 1.52. The topological polar surface area (TPSA) is 93.5 Å². The highest BCUT2D eigenvalue weighted by atomic mass is 16.4. The van der Waals surface area contributed by atoms with Crippen LogP contribution in [0.5, 0.6) is 0 Å². The van der Waals surface area contributed by atoms with Gasteiger partial charge in [0.15, 0.2) is 0 Å². The summed E-state index contributed by atoms with van der Waals surface area (Å²) < 4.78 is 0. The second kappa shape index (κ2) is 8.30. The van der Waals surface area contributed by atoms with Gasteiger partial charge in [-0.3, -0.25) is 0 Å². The lowest BCUT2D eigenvalue weighted by atomic mass is 9.76. The molecule has 2 aliphatic heterocycles. The highest BCUT2D eigenvalue weighted by Crippen LogP contribution is 2.37. The molecule has 4 N–H and O–H groups in total. The van der Waals surface area contributed by atoms with Crippen LogP contribution in [0.2, 0.25) is 0 Å². The maximum Gasteiger partial charge on any atom is 0.488 e. The number of aromatic nitrogens is 2. The van der Waals surface area contributed by atoms with Crippen molar-refractivity contribution in [3.8, 4) is 0 Å². The van der Waals surface area contributed by atoms with Gasteiger partial charge < -0.3 is 25.6 Å². The molecule has 0 radical (unpaired) electrons. The van der Waals surface area contributed by atoms with Crippen LogP contribution in [0.1, 0.15) is 29.3 Å². The number of fused-ring (bicyclic) bond motifs is 2. The fourth-order valence-electron chi connectivity index (χ4n) is 4.58. The van der Waals surface area contributed by atoms with Gasteiger partial charge in [-0.05, 0) is 36.0 Å². The Morgan fingerprint density at radius 2 is 1.94 bits per heavy atom. The van der Waals surface area contributed by atoms with Gasteiger partial charge in [-0.15, -0.1) is 0 Å². The zero-order valence-corrected chi connectivity index (χ0v) is 17.5. The second-order valence-electron chi connectivity index (χ2n) is 8.21. The number of nitrogens with zero attached hydrogens (tertiary/aromatic N) is 3. The summed E-state index contributed by atoms with van der Waals surface area (Å²) in [6.07, 6.45) is 1.58. The summed E-state index contributed by atoms with van der Waals surface area (Å²) >= 11 is 0. The van der Waals surface area contributed by atoms with E-state index in [1.54, 1.807) is 6.07 Å². The van der Waals surface area contributed by atoms with Gasteiger partial charge in [-0.1, -0.05) is 42.5 Å². The zero-order chi connectivity index (χ0) is 21.4. The van der Waals surface area contributed by atoms with Gasteiger partial charge in [0.25, 0.3) is 0 Å². The number of rotatable bonds is 5. The Kier molecular flexibility index (Phi) is 5.35. The van der Waals surface area contributed by atoms with E-state index in [1.807, 2.05) is 30.3 Å². The zero-order valence-electron chi connectivity index (χ0n) is 17.5. The molecule has 0 saturated heterocycles. The molecule has 31 heavy (non-hydrogen) atoms. The summed E-state index contributed by atoms with van der Waals surface area (Å²) in [6, 6.07) is 16.0. The van der Waals surface area contributed by atoms with Crippen LogP contribution in [0, 0.1) is 0 Å². The normalized spacial score (nSPS) is 17.3. The second-order valence-corrected chi connectivity index (χ2v) is 8.21. The molecule has 0 aliphatic carbocycles. The van der Waals surface area contributed by atoms with Gasteiger partial charge in [-0.25, -0.2) is 4.98 Å². The summed E-state index contributed by atoms with van der Waals surface area (Å²) in [5, 5.41) is 26.5. The minimum atomic E-state index is -1.49. The first kappa shape index (κ1) is 20.0. The summed E-state index contributed by atoms with van der Waals surface area (Å²) in [6.45, 7) is 4.46. The fourth-order valence-corrected chi connectivity index (χ4v) is 4.58. The predicted octanol–water partition coefficient (Wildman–Crippen LogP) is 1.50. The Morgan fingerprint density at radius 3 is 2.74 bits per heavy atom. The minimum Gasteiger partial charge on any atom is -0.423 e. The van der Waals surface area contributed by atoms with Gasteiger partial charge >= 0.3 is 7.12 Å². The summed E-state index contributed by atoms with van der Waals surface area (Å²) in [5.41, 5.74) is 5.83. The van der Waals surface area contributed by atoms with E-state index in [0.29, 0.717) is 18.0 Å². The molecular weight excluding hydrogens is 389 g/mol. The number of nitrogens with one attached hydrogen (secondary N) is 2. The third kappa shape index (κ3) is 3.78. The Hall–Kier alpha value is -2.94. The lowest BCUT2D eigenvalue weighted by Gasteiger charge is -2.27. The first-order valence-electron chi connectivity index (χ1n) is 10.8. The van der Waals surface area contributed by atoms with E-state index in [2.05, 4.69) is 34.6 Å². The average Bonchev–Trinajstić information content (AvgIpc) is 3.13. The summed E-state index contributed by atoms with van der Waals surface area (Å²) in [7, 11) is -1.49. The van der Waals surface area contributed by atoms with Crippen molar-refractivity contribution in [2.75, 3.05) is 16.8 Å². The highest BCUT2D eigenvalue weighted by Gasteiger charge is 2.34. The first-order valence-corrected chi connectivity index (χ1v) is 10.8. The maximum atomic E-state index is 9.80. The monoisotopic (exact) mass is 415 g/mol. The van der Waals surface area contributed by atoms with Gasteiger partial charge in [0.05, 0.1) is 5.69 Å². The average molecular weight is 415 g/mol. The van der Waals surface area contributed by atoms with E-state index in [1.165, 1.54) is 5.56 Å². The standard InChI is InChI=1S/C23H26BN5O2/c1-15-12-17-19(24(30)31)8-5-9-21(17)29(15)23-27-20-10-11-25-14-18(20)22(28-23)26-13-16-6-3-2-4-7-16/h2-9,15,25,30-31H,10-14H2,1H3,(H,26,27,28). The Balaban J connectivity index is 1.54. The van der Waals surface area contributed by atoms with Gasteiger partial charge in [0.2, 0.25) is 5.95 Å². The van der Waals surface area contributed by atoms with Crippen LogP contribution in [0.25, 0.3) is 0 Å². The maximum absolute atomic E-state index is 9.80. The largest absolute Gasteiger partial charge is 0.488 e. The molecule has 1 unspecified atom stereocenters. The molecule has 0 saturated carbocycles. The predicted molar refractivity (Wildman–Crippen MR) is 123 cm³/mol.